The zero-order valence-electron chi connectivity index (χ0n) is 11.5. The largest absolute Gasteiger partial charge is 0.445 e. The molecule has 1 aliphatic carbocycles. The number of hydrogen-bond acceptors (Lipinski definition) is 4. The second-order valence-corrected chi connectivity index (χ2v) is 7.59. The Bertz CT molecular complexity index is 811. The van der Waals surface area contributed by atoms with Crippen LogP contribution in [0.3, 0.4) is 0 Å². The van der Waals surface area contributed by atoms with Crippen molar-refractivity contribution in [3.8, 4) is 0 Å². The molecule has 1 aromatic carbocycles. The first kappa shape index (κ1) is 17.4. The van der Waals surface area contributed by atoms with E-state index in [1.54, 1.807) is 0 Å². The monoisotopic (exact) mass is 399 g/mol. The molecule has 1 atom stereocenters. The SMILES string of the molecule is O=C(Nc1nnc(C(F)(F)F)s1)C1(c2ccccc2F)CC1(Cl)Cl. The van der Waals surface area contributed by atoms with E-state index >= 15 is 0 Å². The molecule has 1 heterocycles. The molecule has 24 heavy (non-hydrogen) atoms. The molecule has 1 aromatic heterocycles. The Hall–Kier alpha value is -1.45. The summed E-state index contributed by atoms with van der Waals surface area (Å²) in [6, 6.07) is 5.42. The van der Waals surface area contributed by atoms with Gasteiger partial charge in [-0.2, -0.15) is 13.2 Å². The zero-order chi connectivity index (χ0) is 17.8. The first-order chi connectivity index (χ1) is 11.1. The van der Waals surface area contributed by atoms with Crippen LogP contribution in [-0.4, -0.2) is 20.4 Å². The van der Waals surface area contributed by atoms with Gasteiger partial charge in [0.15, 0.2) is 0 Å². The van der Waals surface area contributed by atoms with Gasteiger partial charge in [0.05, 0.1) is 0 Å². The summed E-state index contributed by atoms with van der Waals surface area (Å²) < 4.78 is 50.1. The molecule has 0 radical (unpaired) electrons. The Labute approximate surface area is 146 Å². The van der Waals surface area contributed by atoms with Gasteiger partial charge in [-0.3, -0.25) is 10.1 Å². The van der Waals surface area contributed by atoms with Gasteiger partial charge < -0.3 is 0 Å². The Balaban J connectivity index is 1.90. The van der Waals surface area contributed by atoms with Crippen molar-refractivity contribution in [2.75, 3.05) is 5.32 Å². The highest BCUT2D eigenvalue weighted by molar-refractivity contribution is 7.15. The number of anilines is 1. The van der Waals surface area contributed by atoms with E-state index in [4.69, 9.17) is 23.2 Å². The second-order valence-electron chi connectivity index (χ2n) is 5.13. The molecular formula is C13H7Cl2F4N3OS. The maximum atomic E-state index is 14.1. The number of carbonyl (C=O) groups excluding carboxylic acids is 1. The Kier molecular flexibility index (Phi) is 4.01. The fraction of sp³-hybridized carbons (Fsp3) is 0.308. The first-order valence-corrected chi connectivity index (χ1v) is 8.00. The lowest BCUT2D eigenvalue weighted by Gasteiger charge is -2.18. The van der Waals surface area contributed by atoms with Crippen molar-refractivity contribution in [1.82, 2.24) is 10.2 Å². The fourth-order valence-electron chi connectivity index (χ4n) is 2.35. The average molecular weight is 400 g/mol. The molecule has 1 saturated carbocycles. The van der Waals surface area contributed by atoms with E-state index in [-0.39, 0.29) is 28.5 Å². The molecule has 2 aromatic rings. The maximum Gasteiger partial charge on any atom is 0.445 e. The lowest BCUT2D eigenvalue weighted by atomic mass is 9.94. The van der Waals surface area contributed by atoms with Crippen molar-refractivity contribution in [3.05, 3.63) is 40.7 Å². The van der Waals surface area contributed by atoms with Crippen LogP contribution in [0.2, 0.25) is 0 Å². The third-order valence-electron chi connectivity index (χ3n) is 3.60. The minimum absolute atomic E-state index is 0.0342. The standard InChI is InChI=1S/C13H7Cl2F4N3OS/c14-12(15)5-11(12,6-3-1-2-4-7(6)16)8(23)20-10-22-21-9(24-10)13(17,18)19/h1-4H,5H2,(H,20,22,23). The molecule has 3 rings (SSSR count). The zero-order valence-corrected chi connectivity index (χ0v) is 13.8. The number of amides is 1. The third kappa shape index (κ3) is 2.74. The number of benzene rings is 1. The van der Waals surface area contributed by atoms with Gasteiger partial charge in [-0.25, -0.2) is 4.39 Å². The minimum Gasteiger partial charge on any atom is -0.300 e. The Morgan fingerprint density at radius 3 is 2.38 bits per heavy atom. The van der Waals surface area contributed by atoms with Gasteiger partial charge in [0.1, 0.15) is 15.6 Å². The summed E-state index contributed by atoms with van der Waals surface area (Å²) in [7, 11) is 0. The van der Waals surface area contributed by atoms with E-state index in [0.29, 0.717) is 0 Å². The van der Waals surface area contributed by atoms with Crippen molar-refractivity contribution in [3.63, 3.8) is 0 Å². The third-order valence-corrected chi connectivity index (χ3v) is 5.39. The molecule has 128 valence electrons. The van der Waals surface area contributed by atoms with Crippen molar-refractivity contribution in [1.29, 1.82) is 0 Å². The fourth-order valence-corrected chi connectivity index (χ4v) is 3.73. The summed E-state index contributed by atoms with van der Waals surface area (Å²) in [5, 5.41) is 6.82. The number of alkyl halides is 5. The lowest BCUT2D eigenvalue weighted by Crippen LogP contribution is -2.33. The molecule has 1 unspecified atom stereocenters. The van der Waals surface area contributed by atoms with Crippen LogP contribution in [0, 0.1) is 5.82 Å². The van der Waals surface area contributed by atoms with Crippen molar-refractivity contribution >= 4 is 45.6 Å². The summed E-state index contributed by atoms with van der Waals surface area (Å²) >= 11 is 12.2. The summed E-state index contributed by atoms with van der Waals surface area (Å²) in [5.74, 6) is -1.54. The van der Waals surface area contributed by atoms with E-state index in [2.05, 4.69) is 15.5 Å². The van der Waals surface area contributed by atoms with E-state index in [1.165, 1.54) is 18.2 Å². The van der Waals surface area contributed by atoms with Gasteiger partial charge in [-0.15, -0.1) is 33.4 Å². The average Bonchev–Trinajstić information content (AvgIpc) is 2.82. The highest BCUT2D eigenvalue weighted by Crippen LogP contribution is 2.65. The summed E-state index contributed by atoms with van der Waals surface area (Å²) in [5.41, 5.74) is -1.64. The second kappa shape index (κ2) is 5.53. The molecule has 0 spiro atoms. The lowest BCUT2D eigenvalue weighted by molar-refractivity contribution is -0.138. The molecule has 1 aliphatic rings. The molecule has 1 fully saturated rings. The van der Waals surface area contributed by atoms with E-state index < -0.39 is 32.7 Å². The minimum atomic E-state index is -4.67. The van der Waals surface area contributed by atoms with Gasteiger partial charge in [-0.05, 0) is 6.07 Å². The quantitative estimate of drug-likeness (QED) is 0.622. The normalized spacial score (nSPS) is 22.2. The number of hydrogen-bond donors (Lipinski definition) is 1. The predicted octanol–water partition coefficient (Wildman–Crippen LogP) is 4.15. The van der Waals surface area contributed by atoms with Gasteiger partial charge >= 0.3 is 6.18 Å². The molecule has 1 amide bonds. The summed E-state index contributed by atoms with van der Waals surface area (Å²) in [4.78, 5) is 12.5. The van der Waals surface area contributed by atoms with Crippen molar-refractivity contribution < 1.29 is 22.4 Å². The number of aromatic nitrogens is 2. The summed E-state index contributed by atoms with van der Waals surface area (Å²) in [6.45, 7) is 0. The van der Waals surface area contributed by atoms with Crippen LogP contribution in [0.4, 0.5) is 22.7 Å². The van der Waals surface area contributed by atoms with Crippen LogP contribution in [0.25, 0.3) is 0 Å². The van der Waals surface area contributed by atoms with Crippen LogP contribution < -0.4 is 5.32 Å². The smallest absolute Gasteiger partial charge is 0.300 e. The Morgan fingerprint density at radius 1 is 1.25 bits per heavy atom. The van der Waals surface area contributed by atoms with Crippen LogP contribution in [0.1, 0.15) is 17.0 Å². The maximum absolute atomic E-state index is 14.1. The topological polar surface area (TPSA) is 54.9 Å². The Morgan fingerprint density at radius 2 is 1.88 bits per heavy atom. The first-order valence-electron chi connectivity index (χ1n) is 6.43. The number of rotatable bonds is 3. The highest BCUT2D eigenvalue weighted by Gasteiger charge is 2.73. The molecule has 0 saturated heterocycles. The van der Waals surface area contributed by atoms with Crippen LogP contribution >= 0.6 is 34.5 Å². The van der Waals surface area contributed by atoms with Crippen LogP contribution in [0.15, 0.2) is 24.3 Å². The van der Waals surface area contributed by atoms with E-state index in [9.17, 15) is 22.4 Å². The molecule has 1 N–H and O–H groups in total. The number of nitrogens with zero attached hydrogens (tertiary/aromatic N) is 2. The van der Waals surface area contributed by atoms with Gasteiger partial charge in [0.2, 0.25) is 16.0 Å². The number of halogens is 6. The summed E-state index contributed by atoms with van der Waals surface area (Å²) in [6.07, 6.45) is -4.76. The molecule has 11 heteroatoms. The van der Waals surface area contributed by atoms with Crippen LogP contribution in [0.5, 0.6) is 0 Å². The van der Waals surface area contributed by atoms with Crippen molar-refractivity contribution in [2.24, 2.45) is 0 Å². The molecular weight excluding hydrogens is 393 g/mol. The van der Waals surface area contributed by atoms with Crippen molar-refractivity contribution in [2.45, 2.75) is 22.3 Å². The van der Waals surface area contributed by atoms with E-state index in [0.717, 1.165) is 6.07 Å². The number of nitrogens with one attached hydrogen (secondary N) is 1. The van der Waals surface area contributed by atoms with Gasteiger partial charge in [0.25, 0.3) is 0 Å². The number of carbonyl (C=O) groups is 1. The van der Waals surface area contributed by atoms with Gasteiger partial charge in [0, 0.05) is 12.0 Å². The molecule has 4 nitrogen and oxygen atoms in total. The highest BCUT2D eigenvalue weighted by atomic mass is 35.5. The van der Waals surface area contributed by atoms with Crippen LogP contribution in [-0.2, 0) is 16.4 Å². The molecule has 0 aliphatic heterocycles. The van der Waals surface area contributed by atoms with Gasteiger partial charge in [-0.1, -0.05) is 29.5 Å². The van der Waals surface area contributed by atoms with E-state index in [1.807, 2.05) is 0 Å². The predicted molar refractivity (Wildman–Crippen MR) is 80.7 cm³/mol. The molecule has 0 bridgehead atoms.